The molecule has 1 atom stereocenters. The van der Waals surface area contributed by atoms with Crippen molar-refractivity contribution in [3.8, 4) is 0 Å². The first-order valence-corrected chi connectivity index (χ1v) is 12.3. The van der Waals surface area contributed by atoms with Crippen molar-refractivity contribution in [1.82, 2.24) is 18.8 Å². The minimum Gasteiger partial charge on any atom is -0.324 e. The van der Waals surface area contributed by atoms with Crippen LogP contribution < -0.4 is 0 Å². The lowest BCUT2D eigenvalue weighted by atomic mass is 9.99. The number of nitrogens with zero attached hydrogens (tertiary/aromatic N) is 4. The zero-order valence-corrected chi connectivity index (χ0v) is 20.3. The van der Waals surface area contributed by atoms with E-state index in [1.165, 1.54) is 21.6 Å². The van der Waals surface area contributed by atoms with Crippen LogP contribution >= 0.6 is 11.9 Å². The third-order valence-electron chi connectivity index (χ3n) is 6.15. The van der Waals surface area contributed by atoms with Crippen LogP contribution in [0.5, 0.6) is 0 Å². The summed E-state index contributed by atoms with van der Waals surface area (Å²) in [5, 5.41) is 0. The number of likely N-dealkylation sites (N-methyl/N-ethyl adjacent to an activating group) is 1. The lowest BCUT2D eigenvalue weighted by Gasteiger charge is -2.28. The van der Waals surface area contributed by atoms with Gasteiger partial charge in [-0.25, -0.2) is 9.29 Å². The van der Waals surface area contributed by atoms with Gasteiger partial charge in [-0.3, -0.25) is 4.98 Å². The zero-order chi connectivity index (χ0) is 23.3. The van der Waals surface area contributed by atoms with Crippen molar-refractivity contribution in [3.05, 3.63) is 126 Å². The van der Waals surface area contributed by atoms with Crippen LogP contribution in [0.1, 0.15) is 28.6 Å². The van der Waals surface area contributed by atoms with Crippen molar-refractivity contribution in [2.45, 2.75) is 30.8 Å². The fourth-order valence-corrected chi connectivity index (χ4v) is 5.25. The van der Waals surface area contributed by atoms with E-state index in [1.54, 1.807) is 11.9 Å². The predicted octanol–water partition coefficient (Wildman–Crippen LogP) is 6.71. The lowest BCUT2D eigenvalue weighted by Crippen LogP contribution is -2.20. The van der Waals surface area contributed by atoms with Gasteiger partial charge in [0.2, 0.25) is 0 Å². The number of imidazole rings is 1. The van der Waals surface area contributed by atoms with E-state index in [-0.39, 0.29) is 6.04 Å². The molecule has 0 saturated heterocycles. The summed E-state index contributed by atoms with van der Waals surface area (Å²) in [7, 11) is 2.19. The van der Waals surface area contributed by atoms with Gasteiger partial charge in [0.1, 0.15) is 11.3 Å². The zero-order valence-electron chi connectivity index (χ0n) is 19.5. The summed E-state index contributed by atoms with van der Waals surface area (Å²) in [5.74, 6) is 1.01. The van der Waals surface area contributed by atoms with Crippen LogP contribution in [0.25, 0.3) is 11.0 Å². The molecule has 0 saturated carbocycles. The number of pyridine rings is 1. The molecule has 0 aliphatic heterocycles. The Morgan fingerprint density at radius 1 is 0.853 bits per heavy atom. The molecule has 0 bridgehead atoms. The topological polar surface area (TPSA) is 34.0 Å². The number of aromatic nitrogens is 3. The van der Waals surface area contributed by atoms with Crippen LogP contribution in [-0.4, -0.2) is 25.9 Å². The van der Waals surface area contributed by atoms with E-state index in [0.717, 1.165) is 29.8 Å². The molecule has 1 unspecified atom stereocenters. The van der Waals surface area contributed by atoms with Crippen molar-refractivity contribution in [2.24, 2.45) is 0 Å². The first-order chi connectivity index (χ1) is 16.7. The molecule has 0 aliphatic carbocycles. The molecule has 34 heavy (non-hydrogen) atoms. The Morgan fingerprint density at radius 3 is 2.29 bits per heavy atom. The highest BCUT2D eigenvalue weighted by atomic mass is 32.2. The highest BCUT2D eigenvalue weighted by Crippen LogP contribution is 2.33. The molecule has 4 nitrogen and oxygen atoms in total. The van der Waals surface area contributed by atoms with Gasteiger partial charge in [0.15, 0.2) is 0 Å². The van der Waals surface area contributed by atoms with Gasteiger partial charge in [0.25, 0.3) is 0 Å². The first kappa shape index (κ1) is 22.4. The fourth-order valence-electron chi connectivity index (χ4n) is 4.34. The number of aryl methyl sites for hydroxylation is 1. The third-order valence-corrected chi connectivity index (χ3v) is 7.18. The third kappa shape index (κ3) is 5.06. The number of hydrogen-bond acceptors (Lipinski definition) is 4. The summed E-state index contributed by atoms with van der Waals surface area (Å²) in [6, 6.07) is 32.7. The molecule has 3 aromatic carbocycles. The van der Waals surface area contributed by atoms with Crippen LogP contribution in [0.4, 0.5) is 0 Å². The Labute approximate surface area is 205 Å². The quantitative estimate of drug-likeness (QED) is 0.239. The molecule has 0 amide bonds. The van der Waals surface area contributed by atoms with Crippen LogP contribution in [-0.2, 0) is 13.0 Å². The van der Waals surface area contributed by atoms with E-state index in [9.17, 15) is 0 Å². The summed E-state index contributed by atoms with van der Waals surface area (Å²) in [6.07, 6.45) is 4.62. The minimum absolute atomic E-state index is 0.279. The van der Waals surface area contributed by atoms with E-state index in [0.29, 0.717) is 0 Å². The Balaban J connectivity index is 1.32. The van der Waals surface area contributed by atoms with Crippen molar-refractivity contribution in [2.75, 3.05) is 7.05 Å². The van der Waals surface area contributed by atoms with Gasteiger partial charge in [0, 0.05) is 23.7 Å². The number of fused-ring (bicyclic) bond motifs is 1. The second kappa shape index (κ2) is 10.2. The summed E-state index contributed by atoms with van der Waals surface area (Å²) < 4.78 is 4.62. The molecule has 0 radical (unpaired) electrons. The Kier molecular flexibility index (Phi) is 6.74. The predicted molar refractivity (Wildman–Crippen MR) is 141 cm³/mol. The maximum Gasteiger partial charge on any atom is 0.107 e. The van der Waals surface area contributed by atoms with Crippen LogP contribution in [0.3, 0.4) is 0 Å². The second-order valence-corrected chi connectivity index (χ2v) is 9.74. The van der Waals surface area contributed by atoms with Gasteiger partial charge >= 0.3 is 0 Å². The average molecular weight is 465 g/mol. The highest BCUT2D eigenvalue weighted by molar-refractivity contribution is 7.97. The first-order valence-electron chi connectivity index (χ1n) is 11.5. The van der Waals surface area contributed by atoms with Crippen LogP contribution in [0, 0.1) is 6.92 Å². The standard InChI is InChI=1S/C29H28N4S/c1-22-31-27-20-30-18-17-28(27)33(22)21-24-13-15-26(16-14-24)34-32(2)29(25-11-7-4-8-12-25)19-23-9-5-3-6-10-23/h3-18,20,29H,19,21H2,1-2H3. The molecular weight excluding hydrogens is 436 g/mol. The maximum atomic E-state index is 4.64. The fraction of sp³-hybridized carbons (Fsp3) is 0.172. The summed E-state index contributed by atoms with van der Waals surface area (Å²) >= 11 is 1.79. The molecule has 0 N–H and O–H groups in total. The average Bonchev–Trinajstić information content (AvgIpc) is 3.19. The van der Waals surface area contributed by atoms with Gasteiger partial charge in [-0.15, -0.1) is 0 Å². The van der Waals surface area contributed by atoms with E-state index in [2.05, 4.69) is 118 Å². The molecule has 2 heterocycles. The minimum atomic E-state index is 0.279. The molecule has 0 spiro atoms. The molecule has 5 aromatic rings. The van der Waals surface area contributed by atoms with Crippen LogP contribution in [0.15, 0.2) is 108 Å². The molecular formula is C29H28N4S. The Bertz CT molecular complexity index is 1350. The Morgan fingerprint density at radius 2 is 1.56 bits per heavy atom. The van der Waals surface area contributed by atoms with Gasteiger partial charge in [0.05, 0.1) is 11.7 Å². The van der Waals surface area contributed by atoms with E-state index < -0.39 is 0 Å². The Hall–Kier alpha value is -3.41. The van der Waals surface area contributed by atoms with Gasteiger partial charge < -0.3 is 4.57 Å². The molecule has 0 aliphatic rings. The summed E-state index contributed by atoms with van der Waals surface area (Å²) in [5.41, 5.74) is 6.00. The van der Waals surface area contributed by atoms with Crippen molar-refractivity contribution < 1.29 is 0 Å². The molecule has 2 aromatic heterocycles. The van der Waals surface area contributed by atoms with Crippen molar-refractivity contribution >= 4 is 23.0 Å². The summed E-state index contributed by atoms with van der Waals surface area (Å²) in [4.78, 5) is 10.1. The van der Waals surface area contributed by atoms with Crippen molar-refractivity contribution in [3.63, 3.8) is 0 Å². The smallest absolute Gasteiger partial charge is 0.107 e. The number of benzene rings is 3. The molecule has 5 heteroatoms. The number of rotatable bonds is 8. The van der Waals surface area contributed by atoms with Crippen molar-refractivity contribution in [1.29, 1.82) is 0 Å². The summed E-state index contributed by atoms with van der Waals surface area (Å²) in [6.45, 7) is 2.85. The van der Waals surface area contributed by atoms with Gasteiger partial charge in [-0.2, -0.15) is 0 Å². The molecule has 5 rings (SSSR count). The largest absolute Gasteiger partial charge is 0.324 e. The lowest BCUT2D eigenvalue weighted by molar-refractivity contribution is 0.418. The molecule has 0 fully saturated rings. The monoisotopic (exact) mass is 464 g/mol. The maximum absolute atomic E-state index is 4.64. The molecule has 170 valence electrons. The van der Waals surface area contributed by atoms with Gasteiger partial charge in [-0.1, -0.05) is 72.8 Å². The van der Waals surface area contributed by atoms with Crippen LogP contribution in [0.2, 0.25) is 0 Å². The number of hydrogen-bond donors (Lipinski definition) is 0. The van der Waals surface area contributed by atoms with E-state index in [4.69, 9.17) is 0 Å². The van der Waals surface area contributed by atoms with E-state index >= 15 is 0 Å². The normalized spacial score (nSPS) is 12.3. The SMILES string of the molecule is Cc1nc2cnccc2n1Cc1ccc(SN(C)C(Cc2ccccc2)c2ccccc2)cc1. The highest BCUT2D eigenvalue weighted by Gasteiger charge is 2.19. The van der Waals surface area contributed by atoms with E-state index in [1.807, 2.05) is 18.5 Å². The van der Waals surface area contributed by atoms with Gasteiger partial charge in [-0.05, 0) is 67.2 Å². The second-order valence-electron chi connectivity index (χ2n) is 8.51.